The van der Waals surface area contributed by atoms with Crippen molar-refractivity contribution in [3.63, 3.8) is 0 Å². The van der Waals surface area contributed by atoms with Gasteiger partial charge in [-0.2, -0.15) is 0 Å². The minimum atomic E-state index is -0.178. The number of carbonyl (C=O) groups excluding carboxylic acids is 2. The number of rotatable bonds is 1. The Kier molecular flexibility index (Phi) is 1.75. The highest BCUT2D eigenvalue weighted by molar-refractivity contribution is 5.73. The van der Waals surface area contributed by atoms with Crippen molar-refractivity contribution >= 4 is 11.9 Å². The van der Waals surface area contributed by atoms with Gasteiger partial charge in [-0.3, -0.25) is 9.59 Å². The van der Waals surface area contributed by atoms with Crippen LogP contribution >= 0.6 is 0 Å². The zero-order valence-electron chi connectivity index (χ0n) is 6.62. The molecule has 2 saturated heterocycles. The van der Waals surface area contributed by atoms with E-state index >= 15 is 0 Å². The molecule has 2 heterocycles. The van der Waals surface area contributed by atoms with Gasteiger partial charge in [0.25, 0.3) is 0 Å². The fourth-order valence-electron chi connectivity index (χ4n) is 1.62. The molecular formula is C8H10O4. The van der Waals surface area contributed by atoms with Gasteiger partial charge in [-0.15, -0.1) is 0 Å². The van der Waals surface area contributed by atoms with Crippen LogP contribution in [0.1, 0.15) is 25.7 Å². The number of hydrogen-bond donors (Lipinski definition) is 0. The molecule has 2 aliphatic rings. The van der Waals surface area contributed by atoms with Crippen LogP contribution < -0.4 is 0 Å². The summed E-state index contributed by atoms with van der Waals surface area (Å²) in [5.41, 5.74) is 0. The first-order valence-electron chi connectivity index (χ1n) is 4.14. The Morgan fingerprint density at radius 1 is 0.917 bits per heavy atom. The average Bonchev–Trinajstić information content (AvgIpc) is 2.58. The molecule has 0 aliphatic carbocycles. The van der Waals surface area contributed by atoms with E-state index in [1.165, 1.54) is 0 Å². The molecule has 12 heavy (non-hydrogen) atoms. The summed E-state index contributed by atoms with van der Waals surface area (Å²) in [4.78, 5) is 21.5. The van der Waals surface area contributed by atoms with Crippen LogP contribution in [0.5, 0.6) is 0 Å². The monoisotopic (exact) mass is 170 g/mol. The van der Waals surface area contributed by atoms with Crippen molar-refractivity contribution in [3.05, 3.63) is 0 Å². The minimum absolute atomic E-state index is 0.177. The van der Waals surface area contributed by atoms with Gasteiger partial charge in [0.2, 0.25) is 0 Å². The van der Waals surface area contributed by atoms with Gasteiger partial charge in [0.05, 0.1) is 0 Å². The van der Waals surface area contributed by atoms with Crippen LogP contribution in [0.3, 0.4) is 0 Å². The maximum atomic E-state index is 10.7. The lowest BCUT2D eigenvalue weighted by molar-refractivity contribution is -0.153. The Bertz CT molecular complexity index is 199. The number of esters is 2. The highest BCUT2D eigenvalue weighted by Gasteiger charge is 2.36. The normalized spacial score (nSPS) is 35.0. The quantitative estimate of drug-likeness (QED) is 0.534. The van der Waals surface area contributed by atoms with Gasteiger partial charge in [0, 0.05) is 12.8 Å². The third-order valence-corrected chi connectivity index (χ3v) is 2.25. The Morgan fingerprint density at radius 3 is 1.58 bits per heavy atom. The van der Waals surface area contributed by atoms with Crippen LogP contribution in [-0.4, -0.2) is 24.1 Å². The summed E-state index contributed by atoms with van der Waals surface area (Å²) >= 11 is 0. The van der Waals surface area contributed by atoms with Crippen molar-refractivity contribution in [2.45, 2.75) is 37.9 Å². The standard InChI is InChI=1S/C8H10O4/c9-7-3-1-5(11-7)6-2-4-8(10)12-6/h5-6H,1-4H2. The second kappa shape index (κ2) is 2.77. The first kappa shape index (κ1) is 7.58. The smallest absolute Gasteiger partial charge is 0.306 e. The lowest BCUT2D eigenvalue weighted by atomic mass is 10.1. The van der Waals surface area contributed by atoms with E-state index in [0.717, 1.165) is 0 Å². The molecule has 0 spiro atoms. The number of hydrogen-bond acceptors (Lipinski definition) is 4. The Morgan fingerprint density at radius 2 is 1.33 bits per heavy atom. The number of carbonyl (C=O) groups is 2. The predicted octanol–water partition coefficient (Wildman–Crippen LogP) is 0.398. The molecule has 4 heteroatoms. The van der Waals surface area contributed by atoms with Crippen molar-refractivity contribution < 1.29 is 19.1 Å². The highest BCUT2D eigenvalue weighted by atomic mass is 16.6. The molecule has 0 radical (unpaired) electrons. The largest absolute Gasteiger partial charge is 0.458 e. The summed E-state index contributed by atoms with van der Waals surface area (Å²) in [7, 11) is 0. The first-order chi connectivity index (χ1) is 5.75. The molecule has 2 unspecified atom stereocenters. The molecule has 2 fully saturated rings. The summed E-state index contributed by atoms with van der Waals surface area (Å²) in [6.07, 6.45) is 1.94. The van der Waals surface area contributed by atoms with E-state index in [-0.39, 0.29) is 24.1 Å². The molecule has 66 valence electrons. The first-order valence-corrected chi connectivity index (χ1v) is 4.14. The van der Waals surface area contributed by atoms with Gasteiger partial charge < -0.3 is 9.47 Å². The van der Waals surface area contributed by atoms with E-state index in [1.54, 1.807) is 0 Å². The molecule has 2 atom stereocenters. The molecule has 0 bridgehead atoms. The van der Waals surface area contributed by atoms with Crippen LogP contribution in [0, 0.1) is 0 Å². The minimum Gasteiger partial charge on any atom is -0.458 e. The average molecular weight is 170 g/mol. The van der Waals surface area contributed by atoms with Crippen molar-refractivity contribution in [3.8, 4) is 0 Å². The molecule has 0 saturated carbocycles. The molecule has 2 rings (SSSR count). The van der Waals surface area contributed by atoms with Crippen LogP contribution in [-0.2, 0) is 19.1 Å². The molecular weight excluding hydrogens is 160 g/mol. The summed E-state index contributed by atoms with van der Waals surface area (Å²) in [5.74, 6) is -0.356. The van der Waals surface area contributed by atoms with Crippen LogP contribution in [0.15, 0.2) is 0 Å². The zero-order valence-corrected chi connectivity index (χ0v) is 6.62. The topological polar surface area (TPSA) is 52.6 Å². The summed E-state index contributed by atoms with van der Waals surface area (Å²) < 4.78 is 9.95. The second-order valence-corrected chi connectivity index (χ2v) is 3.13. The molecule has 0 aromatic heterocycles. The maximum Gasteiger partial charge on any atom is 0.306 e. The highest BCUT2D eigenvalue weighted by Crippen LogP contribution is 2.26. The zero-order chi connectivity index (χ0) is 8.55. The van der Waals surface area contributed by atoms with Gasteiger partial charge >= 0.3 is 11.9 Å². The van der Waals surface area contributed by atoms with Crippen molar-refractivity contribution in [2.75, 3.05) is 0 Å². The second-order valence-electron chi connectivity index (χ2n) is 3.13. The van der Waals surface area contributed by atoms with Crippen molar-refractivity contribution in [1.82, 2.24) is 0 Å². The van der Waals surface area contributed by atoms with Gasteiger partial charge in [-0.25, -0.2) is 0 Å². The van der Waals surface area contributed by atoms with Crippen molar-refractivity contribution in [2.24, 2.45) is 0 Å². The van der Waals surface area contributed by atoms with Gasteiger partial charge in [0.15, 0.2) is 0 Å². The summed E-state index contributed by atoms with van der Waals surface area (Å²) in [6, 6.07) is 0. The Balaban J connectivity index is 1.93. The fraction of sp³-hybridized carbons (Fsp3) is 0.750. The van der Waals surface area contributed by atoms with E-state index in [2.05, 4.69) is 0 Å². The maximum absolute atomic E-state index is 10.7. The van der Waals surface area contributed by atoms with E-state index < -0.39 is 0 Å². The number of cyclic esters (lactones) is 2. The molecule has 0 aromatic carbocycles. The Hall–Kier alpha value is -1.06. The summed E-state index contributed by atoms with van der Waals surface area (Å²) in [6.45, 7) is 0. The molecule has 2 aliphatic heterocycles. The number of ether oxygens (including phenoxy) is 2. The Labute approximate surface area is 69.8 Å². The predicted molar refractivity (Wildman–Crippen MR) is 38.2 cm³/mol. The van der Waals surface area contributed by atoms with Crippen LogP contribution in [0.2, 0.25) is 0 Å². The summed E-state index contributed by atoms with van der Waals surface area (Å²) in [5, 5.41) is 0. The van der Waals surface area contributed by atoms with E-state index in [4.69, 9.17) is 9.47 Å². The lowest BCUT2D eigenvalue weighted by Crippen LogP contribution is -2.25. The van der Waals surface area contributed by atoms with Gasteiger partial charge in [-0.05, 0) is 12.8 Å². The fourth-order valence-corrected chi connectivity index (χ4v) is 1.62. The third-order valence-electron chi connectivity index (χ3n) is 2.25. The van der Waals surface area contributed by atoms with Crippen LogP contribution in [0.4, 0.5) is 0 Å². The third kappa shape index (κ3) is 1.29. The lowest BCUT2D eigenvalue weighted by Gasteiger charge is -2.15. The molecule has 0 aromatic rings. The van der Waals surface area contributed by atoms with E-state index in [0.29, 0.717) is 25.7 Å². The van der Waals surface area contributed by atoms with Gasteiger partial charge in [-0.1, -0.05) is 0 Å². The van der Waals surface area contributed by atoms with Crippen molar-refractivity contribution in [1.29, 1.82) is 0 Å². The molecule has 0 N–H and O–H groups in total. The van der Waals surface area contributed by atoms with Crippen LogP contribution in [0.25, 0.3) is 0 Å². The van der Waals surface area contributed by atoms with E-state index in [9.17, 15) is 9.59 Å². The molecule has 4 nitrogen and oxygen atoms in total. The van der Waals surface area contributed by atoms with E-state index in [1.807, 2.05) is 0 Å². The van der Waals surface area contributed by atoms with Gasteiger partial charge in [0.1, 0.15) is 12.2 Å². The molecule has 0 amide bonds. The SMILES string of the molecule is O=C1CCC(C2CCC(=O)O2)O1.